The molecule has 2 unspecified atom stereocenters. The van der Waals surface area contributed by atoms with Gasteiger partial charge in [0.05, 0.1) is 0 Å². The quantitative estimate of drug-likeness (QED) is 0.0416. The highest BCUT2D eigenvalue weighted by molar-refractivity contribution is 6.11. The average molecular weight is 835 g/mol. The van der Waals surface area contributed by atoms with Crippen LogP contribution in [0.25, 0.3) is 0 Å². The van der Waals surface area contributed by atoms with Crippen LogP contribution in [0, 0.1) is 0 Å². The van der Waals surface area contributed by atoms with Gasteiger partial charge in [-0.05, 0) is 19.3 Å². The number of unbranched alkanes of at least 4 members (excludes halogenated alkanes) is 38. The van der Waals surface area contributed by atoms with E-state index in [0.29, 0.717) is 19.3 Å². The van der Waals surface area contributed by atoms with E-state index < -0.39 is 35.2 Å². The average Bonchev–Trinajstić information content (AvgIpc) is 3.24. The maximum absolute atomic E-state index is 13.6. The highest BCUT2D eigenvalue weighted by Crippen LogP contribution is 2.26. The van der Waals surface area contributed by atoms with E-state index in [0.717, 1.165) is 57.8 Å². The zero-order valence-electron chi connectivity index (χ0n) is 39.8. The van der Waals surface area contributed by atoms with Gasteiger partial charge in [-0.1, -0.05) is 265 Å². The molecule has 3 N–H and O–H groups in total. The van der Waals surface area contributed by atoms with Gasteiger partial charge in [-0.25, -0.2) is 0 Å². The molecule has 0 radical (unpaired) electrons. The van der Waals surface area contributed by atoms with Crippen molar-refractivity contribution in [2.24, 2.45) is 0 Å². The van der Waals surface area contributed by atoms with Crippen molar-refractivity contribution in [1.82, 2.24) is 0 Å². The summed E-state index contributed by atoms with van der Waals surface area (Å²) in [5, 5.41) is 33.8. The van der Waals surface area contributed by atoms with E-state index in [2.05, 4.69) is 20.8 Å². The van der Waals surface area contributed by atoms with Crippen LogP contribution in [0.15, 0.2) is 0 Å². The summed E-state index contributed by atoms with van der Waals surface area (Å²) in [7, 11) is 0. The summed E-state index contributed by atoms with van der Waals surface area (Å²) in [6.45, 7) is 6.75. The molecule has 350 valence electrons. The molecule has 0 amide bonds. The highest BCUT2D eigenvalue weighted by Gasteiger charge is 2.52. The van der Waals surface area contributed by atoms with Gasteiger partial charge in [-0.2, -0.15) is 0 Å². The molecular formula is C53H102O6. The Hall–Kier alpha value is -1.11. The molecule has 0 aliphatic carbocycles. The van der Waals surface area contributed by atoms with Gasteiger partial charge in [-0.15, -0.1) is 0 Å². The van der Waals surface area contributed by atoms with Crippen LogP contribution in [0.1, 0.15) is 303 Å². The fraction of sp³-hybridized carbons (Fsp3) is 0.943. The van der Waals surface area contributed by atoms with Gasteiger partial charge in [0, 0.05) is 19.3 Å². The first-order valence-corrected chi connectivity index (χ1v) is 26.4. The summed E-state index contributed by atoms with van der Waals surface area (Å²) in [6, 6.07) is 0. The Morgan fingerprint density at radius 2 is 0.508 bits per heavy atom. The lowest BCUT2D eigenvalue weighted by Crippen LogP contribution is -2.61. The van der Waals surface area contributed by atoms with E-state index in [9.17, 15) is 29.7 Å². The minimum absolute atomic E-state index is 0.0457. The zero-order chi connectivity index (χ0) is 43.5. The van der Waals surface area contributed by atoms with Crippen molar-refractivity contribution in [2.75, 3.05) is 0 Å². The lowest BCUT2D eigenvalue weighted by molar-refractivity contribution is -0.174. The smallest absolute Gasteiger partial charge is 0.210 e. The summed E-state index contributed by atoms with van der Waals surface area (Å²) in [5.74, 6) is -2.12. The SMILES string of the molecule is CCCCCCCCCCCCCCCCCC(=O)C(O)(C(=O)CCCCCCCCCCCCCCCCC)C(O)C(O)C(=O)CCCCCCCCCCCCC. The number of aliphatic hydroxyl groups excluding tert-OH is 2. The van der Waals surface area contributed by atoms with Gasteiger partial charge >= 0.3 is 0 Å². The second kappa shape index (κ2) is 43.5. The molecule has 6 nitrogen and oxygen atoms in total. The van der Waals surface area contributed by atoms with Crippen LogP contribution >= 0.6 is 0 Å². The zero-order valence-corrected chi connectivity index (χ0v) is 39.8. The van der Waals surface area contributed by atoms with E-state index in [4.69, 9.17) is 0 Å². The Bertz CT molecular complexity index is 887. The number of rotatable bonds is 49. The fourth-order valence-corrected chi connectivity index (χ4v) is 8.70. The predicted molar refractivity (Wildman–Crippen MR) is 252 cm³/mol. The van der Waals surface area contributed by atoms with E-state index in [1.165, 1.54) is 186 Å². The van der Waals surface area contributed by atoms with Crippen molar-refractivity contribution in [3.8, 4) is 0 Å². The first-order chi connectivity index (χ1) is 28.8. The number of hydrogen-bond donors (Lipinski definition) is 3. The minimum Gasteiger partial charge on any atom is -0.386 e. The number of Topliss-reactive ketones (excluding diaryl/α,β-unsaturated/α-hetero) is 3. The van der Waals surface area contributed by atoms with Crippen molar-refractivity contribution in [1.29, 1.82) is 0 Å². The largest absolute Gasteiger partial charge is 0.386 e. The molecular weight excluding hydrogens is 733 g/mol. The van der Waals surface area contributed by atoms with Crippen molar-refractivity contribution < 1.29 is 29.7 Å². The highest BCUT2D eigenvalue weighted by atomic mass is 16.4. The second-order valence-electron chi connectivity index (χ2n) is 18.7. The van der Waals surface area contributed by atoms with Crippen LogP contribution in [-0.4, -0.2) is 50.5 Å². The lowest BCUT2D eigenvalue weighted by atomic mass is 9.79. The second-order valence-corrected chi connectivity index (χ2v) is 18.7. The first kappa shape index (κ1) is 57.9. The number of ketones is 3. The van der Waals surface area contributed by atoms with Crippen LogP contribution in [0.5, 0.6) is 0 Å². The standard InChI is InChI=1S/C53H102O6/c1-4-7-10-13-16-19-22-24-26-28-31-34-37-40-43-46-49(55)53(59,50(56)47-44-41-38-35-32-29-27-25-23-20-17-14-11-8-5-2)52(58)51(57)48(54)45-42-39-36-33-30-21-18-15-12-9-6-3/h51-52,57-59H,4-47H2,1-3H3. The fourth-order valence-electron chi connectivity index (χ4n) is 8.70. The number of aliphatic hydroxyl groups is 3. The maximum atomic E-state index is 13.6. The monoisotopic (exact) mass is 835 g/mol. The molecule has 2 atom stereocenters. The molecule has 6 heteroatoms. The van der Waals surface area contributed by atoms with E-state index in [-0.39, 0.29) is 19.3 Å². The molecule has 0 fully saturated rings. The van der Waals surface area contributed by atoms with Gasteiger partial charge in [0.15, 0.2) is 17.3 Å². The van der Waals surface area contributed by atoms with Gasteiger partial charge in [-0.3, -0.25) is 14.4 Å². The van der Waals surface area contributed by atoms with Crippen LogP contribution in [-0.2, 0) is 14.4 Å². The summed E-state index contributed by atoms with van der Waals surface area (Å²) in [6.07, 6.45) is 44.1. The molecule has 0 rings (SSSR count). The normalized spacial score (nSPS) is 12.9. The van der Waals surface area contributed by atoms with Crippen molar-refractivity contribution in [2.45, 2.75) is 321 Å². The van der Waals surface area contributed by atoms with E-state index >= 15 is 0 Å². The van der Waals surface area contributed by atoms with Crippen molar-refractivity contribution in [3.05, 3.63) is 0 Å². The molecule has 0 aromatic rings. The van der Waals surface area contributed by atoms with E-state index in [1.54, 1.807) is 0 Å². The third-order valence-electron chi connectivity index (χ3n) is 12.9. The lowest BCUT2D eigenvalue weighted by Gasteiger charge is -2.32. The maximum Gasteiger partial charge on any atom is 0.210 e. The number of carbonyl (C=O) groups is 3. The molecule has 0 aromatic heterocycles. The Morgan fingerprint density at radius 3 is 0.729 bits per heavy atom. The first-order valence-electron chi connectivity index (χ1n) is 26.4. The van der Waals surface area contributed by atoms with Crippen LogP contribution in [0.2, 0.25) is 0 Å². The third kappa shape index (κ3) is 33.2. The van der Waals surface area contributed by atoms with E-state index in [1.807, 2.05) is 0 Å². The van der Waals surface area contributed by atoms with Crippen LogP contribution < -0.4 is 0 Å². The van der Waals surface area contributed by atoms with Gasteiger partial charge in [0.25, 0.3) is 0 Å². The summed E-state index contributed by atoms with van der Waals surface area (Å²) in [4.78, 5) is 40.2. The Kier molecular flexibility index (Phi) is 42.7. The Morgan fingerprint density at radius 1 is 0.322 bits per heavy atom. The molecule has 0 saturated heterocycles. The summed E-state index contributed by atoms with van der Waals surface area (Å²) in [5.41, 5.74) is -2.75. The van der Waals surface area contributed by atoms with Crippen molar-refractivity contribution >= 4 is 17.3 Å². The molecule has 0 aromatic carbocycles. The van der Waals surface area contributed by atoms with Gasteiger partial charge < -0.3 is 15.3 Å². The van der Waals surface area contributed by atoms with Crippen LogP contribution in [0.4, 0.5) is 0 Å². The third-order valence-corrected chi connectivity index (χ3v) is 12.9. The number of hydrogen-bond acceptors (Lipinski definition) is 6. The Balaban J connectivity index is 4.74. The molecule has 59 heavy (non-hydrogen) atoms. The molecule has 0 saturated carbocycles. The molecule has 0 aliphatic heterocycles. The molecule has 0 bridgehead atoms. The minimum atomic E-state index is -2.75. The summed E-state index contributed by atoms with van der Waals surface area (Å²) >= 11 is 0. The molecule has 0 heterocycles. The van der Waals surface area contributed by atoms with Crippen LogP contribution in [0.3, 0.4) is 0 Å². The number of carbonyl (C=O) groups excluding carboxylic acids is 3. The Labute approximate surface area is 367 Å². The summed E-state index contributed by atoms with van der Waals surface area (Å²) < 4.78 is 0. The predicted octanol–water partition coefficient (Wildman–Crippen LogP) is 15.4. The molecule has 0 aliphatic rings. The van der Waals surface area contributed by atoms with Crippen molar-refractivity contribution in [3.63, 3.8) is 0 Å². The van der Waals surface area contributed by atoms with Gasteiger partial charge in [0.1, 0.15) is 12.2 Å². The molecule has 0 spiro atoms. The van der Waals surface area contributed by atoms with Gasteiger partial charge in [0.2, 0.25) is 5.60 Å². The topological polar surface area (TPSA) is 112 Å².